The molecule has 1 aliphatic rings. The number of nitrogens with two attached hydrogens (primary N) is 1. The summed E-state index contributed by atoms with van der Waals surface area (Å²) >= 11 is 5.95. The second kappa shape index (κ2) is 6.49. The van der Waals surface area contributed by atoms with E-state index >= 15 is 0 Å². The molecule has 0 unspecified atom stereocenters. The van der Waals surface area contributed by atoms with Gasteiger partial charge >= 0.3 is 0 Å². The average molecular weight is 284 g/mol. The molecule has 104 valence electrons. The summed E-state index contributed by atoms with van der Waals surface area (Å²) in [6.07, 6.45) is 4.20. The van der Waals surface area contributed by atoms with E-state index in [1.165, 1.54) is 12.1 Å². The minimum atomic E-state index is -0.371. The zero-order valence-electron chi connectivity index (χ0n) is 10.9. The van der Waals surface area contributed by atoms with Crippen LogP contribution in [-0.4, -0.2) is 12.3 Å². The first-order valence-electron chi connectivity index (χ1n) is 6.77. The molecule has 19 heavy (non-hydrogen) atoms. The third-order valence-electron chi connectivity index (χ3n) is 4.02. The van der Waals surface area contributed by atoms with Gasteiger partial charge < -0.3 is 5.73 Å². The molecule has 0 radical (unpaired) electrons. The number of halogens is 2. The molecular weight excluding hydrogens is 265 g/mol. The number of hydrogen-bond acceptors (Lipinski definition) is 2. The van der Waals surface area contributed by atoms with Crippen molar-refractivity contribution >= 4 is 17.4 Å². The van der Waals surface area contributed by atoms with Crippen LogP contribution in [0.15, 0.2) is 18.2 Å². The van der Waals surface area contributed by atoms with E-state index in [9.17, 15) is 9.18 Å². The van der Waals surface area contributed by atoms with Gasteiger partial charge in [-0.15, -0.1) is 0 Å². The number of carbonyl (C=O) groups excluding carboxylic acids is 1. The van der Waals surface area contributed by atoms with E-state index in [0.29, 0.717) is 29.5 Å². The van der Waals surface area contributed by atoms with Gasteiger partial charge in [-0.25, -0.2) is 4.39 Å². The van der Waals surface area contributed by atoms with E-state index in [0.717, 1.165) is 25.7 Å². The Morgan fingerprint density at radius 2 is 2.00 bits per heavy atom. The van der Waals surface area contributed by atoms with Crippen LogP contribution in [0.1, 0.15) is 31.2 Å². The lowest BCUT2D eigenvalue weighted by molar-refractivity contribution is -0.123. The minimum Gasteiger partial charge on any atom is -0.330 e. The van der Waals surface area contributed by atoms with Crippen molar-refractivity contribution in [2.24, 2.45) is 17.6 Å². The molecule has 2 N–H and O–H groups in total. The molecule has 0 aliphatic heterocycles. The summed E-state index contributed by atoms with van der Waals surface area (Å²) in [5.74, 6) is 0.524. The lowest BCUT2D eigenvalue weighted by atomic mass is 9.79. The smallest absolute Gasteiger partial charge is 0.140 e. The maximum atomic E-state index is 12.9. The fourth-order valence-electron chi connectivity index (χ4n) is 2.72. The van der Waals surface area contributed by atoms with Gasteiger partial charge in [0.25, 0.3) is 0 Å². The first-order chi connectivity index (χ1) is 9.10. The van der Waals surface area contributed by atoms with Crippen molar-refractivity contribution in [3.63, 3.8) is 0 Å². The molecule has 4 heteroatoms. The van der Waals surface area contributed by atoms with Crippen molar-refractivity contribution < 1.29 is 9.18 Å². The molecule has 0 spiro atoms. The molecule has 0 bridgehead atoms. The fraction of sp³-hybridized carbons (Fsp3) is 0.533. The van der Waals surface area contributed by atoms with Crippen molar-refractivity contribution in [1.29, 1.82) is 0 Å². The Labute approximate surface area is 118 Å². The lowest BCUT2D eigenvalue weighted by Crippen LogP contribution is -2.26. The van der Waals surface area contributed by atoms with E-state index in [4.69, 9.17) is 17.3 Å². The number of rotatable bonds is 4. The van der Waals surface area contributed by atoms with Crippen molar-refractivity contribution in [3.05, 3.63) is 34.6 Å². The summed E-state index contributed by atoms with van der Waals surface area (Å²) in [6, 6.07) is 4.20. The topological polar surface area (TPSA) is 43.1 Å². The Kier molecular flexibility index (Phi) is 4.94. The van der Waals surface area contributed by atoms with Crippen molar-refractivity contribution in [3.8, 4) is 0 Å². The maximum Gasteiger partial charge on any atom is 0.140 e. The van der Waals surface area contributed by atoms with Crippen LogP contribution in [0.3, 0.4) is 0 Å². The van der Waals surface area contributed by atoms with Gasteiger partial charge in [-0.05, 0) is 55.8 Å². The summed E-state index contributed by atoms with van der Waals surface area (Å²) in [6.45, 7) is 0.713. The van der Waals surface area contributed by atoms with Gasteiger partial charge in [0.15, 0.2) is 0 Å². The second-order valence-corrected chi connectivity index (χ2v) is 5.74. The second-order valence-electron chi connectivity index (χ2n) is 5.33. The lowest BCUT2D eigenvalue weighted by Gasteiger charge is -2.26. The van der Waals surface area contributed by atoms with Crippen LogP contribution in [0.5, 0.6) is 0 Å². The maximum absolute atomic E-state index is 12.9. The molecule has 1 aromatic carbocycles. The minimum absolute atomic E-state index is 0.115. The van der Waals surface area contributed by atoms with E-state index in [-0.39, 0.29) is 17.5 Å². The van der Waals surface area contributed by atoms with Gasteiger partial charge in [0, 0.05) is 17.4 Å². The largest absolute Gasteiger partial charge is 0.330 e. The molecule has 1 aliphatic carbocycles. The first kappa shape index (κ1) is 14.5. The van der Waals surface area contributed by atoms with Crippen LogP contribution in [0.25, 0.3) is 0 Å². The van der Waals surface area contributed by atoms with E-state index < -0.39 is 0 Å². The van der Waals surface area contributed by atoms with Crippen LogP contribution in [0, 0.1) is 17.7 Å². The van der Waals surface area contributed by atoms with Crippen molar-refractivity contribution in [1.82, 2.24) is 0 Å². The molecule has 0 amide bonds. The standard InChI is InChI=1S/C15H19ClFNO/c16-14-8-13(17)6-5-12(14)7-15(19)11-3-1-10(9-18)2-4-11/h5-6,8,10-11H,1-4,7,9,18H2. The van der Waals surface area contributed by atoms with E-state index in [2.05, 4.69) is 0 Å². The van der Waals surface area contributed by atoms with Gasteiger partial charge in [-0.1, -0.05) is 17.7 Å². The number of benzene rings is 1. The van der Waals surface area contributed by atoms with Crippen LogP contribution in [0.4, 0.5) is 4.39 Å². The molecule has 2 nitrogen and oxygen atoms in total. The molecule has 1 fully saturated rings. The Bertz CT molecular complexity index is 455. The van der Waals surface area contributed by atoms with E-state index in [1.54, 1.807) is 6.07 Å². The first-order valence-corrected chi connectivity index (χ1v) is 7.14. The van der Waals surface area contributed by atoms with Crippen LogP contribution in [-0.2, 0) is 11.2 Å². The Balaban J connectivity index is 1.94. The van der Waals surface area contributed by atoms with Gasteiger partial charge in [-0.2, -0.15) is 0 Å². The highest BCUT2D eigenvalue weighted by molar-refractivity contribution is 6.31. The quantitative estimate of drug-likeness (QED) is 0.921. The highest BCUT2D eigenvalue weighted by atomic mass is 35.5. The van der Waals surface area contributed by atoms with Crippen LogP contribution in [0.2, 0.25) is 5.02 Å². The number of Topliss-reactive ketones (excluding diaryl/α,β-unsaturated/α-hetero) is 1. The Morgan fingerprint density at radius 3 is 2.58 bits per heavy atom. The van der Waals surface area contributed by atoms with Crippen LogP contribution >= 0.6 is 11.6 Å². The summed E-state index contributed by atoms with van der Waals surface area (Å²) in [7, 11) is 0. The Morgan fingerprint density at radius 1 is 1.32 bits per heavy atom. The molecule has 2 rings (SSSR count). The van der Waals surface area contributed by atoms with Gasteiger partial charge in [0.1, 0.15) is 11.6 Å². The zero-order valence-corrected chi connectivity index (χ0v) is 11.6. The molecule has 0 saturated heterocycles. The van der Waals surface area contributed by atoms with Crippen molar-refractivity contribution in [2.45, 2.75) is 32.1 Å². The zero-order chi connectivity index (χ0) is 13.8. The molecule has 1 aromatic rings. The van der Waals surface area contributed by atoms with E-state index in [1.807, 2.05) is 0 Å². The molecule has 0 atom stereocenters. The van der Waals surface area contributed by atoms with Crippen LogP contribution < -0.4 is 5.73 Å². The highest BCUT2D eigenvalue weighted by Gasteiger charge is 2.25. The van der Waals surface area contributed by atoms with Crippen molar-refractivity contribution in [2.75, 3.05) is 6.54 Å². The Hall–Kier alpha value is -0.930. The molecule has 0 heterocycles. The summed E-state index contributed by atoms with van der Waals surface area (Å²) in [5.41, 5.74) is 6.36. The molecular formula is C15H19ClFNO. The van der Waals surface area contributed by atoms with Gasteiger partial charge in [-0.3, -0.25) is 4.79 Å². The summed E-state index contributed by atoms with van der Waals surface area (Å²) in [5, 5.41) is 0.337. The molecule has 0 aromatic heterocycles. The summed E-state index contributed by atoms with van der Waals surface area (Å²) in [4.78, 5) is 12.2. The summed E-state index contributed by atoms with van der Waals surface area (Å²) < 4.78 is 12.9. The monoisotopic (exact) mass is 283 g/mol. The predicted molar refractivity (Wildman–Crippen MR) is 74.6 cm³/mol. The number of carbonyl (C=O) groups is 1. The average Bonchev–Trinajstić information content (AvgIpc) is 2.42. The van der Waals surface area contributed by atoms with Gasteiger partial charge in [0.2, 0.25) is 0 Å². The fourth-order valence-corrected chi connectivity index (χ4v) is 2.95. The SMILES string of the molecule is NCC1CCC(C(=O)Cc2ccc(F)cc2Cl)CC1. The normalized spacial score (nSPS) is 23.3. The third kappa shape index (κ3) is 3.77. The third-order valence-corrected chi connectivity index (χ3v) is 4.37. The number of hydrogen-bond donors (Lipinski definition) is 1. The molecule has 1 saturated carbocycles. The highest BCUT2D eigenvalue weighted by Crippen LogP contribution is 2.30. The van der Waals surface area contributed by atoms with Gasteiger partial charge in [0.05, 0.1) is 0 Å². The number of ketones is 1. The predicted octanol–water partition coefficient (Wildman–Crippen LogP) is 3.36.